The molecular weight excluding hydrogens is 244 g/mol. The van der Waals surface area contributed by atoms with E-state index in [2.05, 4.69) is 10.1 Å². The molecule has 2 unspecified atom stereocenters. The van der Waals surface area contributed by atoms with Gasteiger partial charge in [-0.15, -0.1) is 0 Å². The summed E-state index contributed by atoms with van der Waals surface area (Å²) in [5, 5.41) is 2.97. The molecule has 0 radical (unpaired) electrons. The molecule has 0 aromatic heterocycles. The highest BCUT2D eigenvalue weighted by molar-refractivity contribution is 5.78. The van der Waals surface area contributed by atoms with Gasteiger partial charge in [-0.1, -0.05) is 12.8 Å². The summed E-state index contributed by atoms with van der Waals surface area (Å²) in [6.45, 7) is 0.725. The number of methoxy groups -OCH3 is 1. The summed E-state index contributed by atoms with van der Waals surface area (Å²) >= 11 is 0. The number of carbonyl (C=O) groups excluding carboxylic acids is 2. The summed E-state index contributed by atoms with van der Waals surface area (Å²) in [5.41, 5.74) is 5.79. The van der Waals surface area contributed by atoms with E-state index < -0.39 is 0 Å². The third-order valence-electron chi connectivity index (χ3n) is 3.68. The highest BCUT2D eigenvalue weighted by atomic mass is 16.5. The maximum absolute atomic E-state index is 11.8. The largest absolute Gasteiger partial charge is 0.469 e. The molecule has 0 spiro atoms. The Balaban J connectivity index is 1.93. The van der Waals surface area contributed by atoms with Gasteiger partial charge in [0, 0.05) is 24.9 Å². The van der Waals surface area contributed by atoms with E-state index in [0.717, 1.165) is 51.5 Å². The molecule has 110 valence electrons. The minimum absolute atomic E-state index is 0.120. The second kappa shape index (κ2) is 8.91. The van der Waals surface area contributed by atoms with Crippen molar-refractivity contribution in [2.75, 3.05) is 13.7 Å². The van der Waals surface area contributed by atoms with Gasteiger partial charge in [-0.25, -0.2) is 0 Å². The topological polar surface area (TPSA) is 81.4 Å². The minimum atomic E-state index is -0.147. The molecule has 0 bridgehead atoms. The van der Waals surface area contributed by atoms with Crippen LogP contribution < -0.4 is 11.1 Å². The Morgan fingerprint density at radius 2 is 1.95 bits per heavy atom. The van der Waals surface area contributed by atoms with Crippen molar-refractivity contribution in [3.63, 3.8) is 0 Å². The second-order valence-corrected chi connectivity index (χ2v) is 5.30. The van der Waals surface area contributed by atoms with Crippen LogP contribution in [0.3, 0.4) is 0 Å². The molecule has 0 aliphatic heterocycles. The lowest BCUT2D eigenvalue weighted by Gasteiger charge is -2.10. The summed E-state index contributed by atoms with van der Waals surface area (Å²) in [6.07, 6.45) is 7.05. The summed E-state index contributed by atoms with van der Waals surface area (Å²) in [4.78, 5) is 22.7. The van der Waals surface area contributed by atoms with Crippen molar-refractivity contribution < 1.29 is 14.3 Å². The molecule has 1 aliphatic carbocycles. The Bertz CT molecular complexity index is 294. The number of hydrogen-bond donors (Lipinski definition) is 2. The van der Waals surface area contributed by atoms with Crippen LogP contribution in [0.15, 0.2) is 0 Å². The summed E-state index contributed by atoms with van der Waals surface area (Å²) in [6, 6.07) is 0.203. The van der Waals surface area contributed by atoms with Crippen LogP contribution in [0.1, 0.15) is 51.4 Å². The maximum atomic E-state index is 11.8. The fourth-order valence-corrected chi connectivity index (χ4v) is 2.46. The third-order valence-corrected chi connectivity index (χ3v) is 3.68. The van der Waals surface area contributed by atoms with Gasteiger partial charge in [-0.3, -0.25) is 9.59 Å². The van der Waals surface area contributed by atoms with Crippen molar-refractivity contribution in [3.8, 4) is 0 Å². The van der Waals surface area contributed by atoms with E-state index in [4.69, 9.17) is 5.73 Å². The number of nitrogens with one attached hydrogen (secondary N) is 1. The van der Waals surface area contributed by atoms with Gasteiger partial charge in [0.2, 0.25) is 5.91 Å². The molecule has 19 heavy (non-hydrogen) atoms. The summed E-state index contributed by atoms with van der Waals surface area (Å²) < 4.78 is 4.57. The lowest BCUT2D eigenvalue weighted by atomic mass is 10.1. The average molecular weight is 270 g/mol. The van der Waals surface area contributed by atoms with Gasteiger partial charge < -0.3 is 15.8 Å². The highest BCUT2D eigenvalue weighted by Crippen LogP contribution is 2.23. The van der Waals surface area contributed by atoms with Crippen molar-refractivity contribution in [1.29, 1.82) is 0 Å². The van der Waals surface area contributed by atoms with E-state index >= 15 is 0 Å². The molecule has 1 rings (SSSR count). The van der Waals surface area contributed by atoms with E-state index in [0.29, 0.717) is 6.42 Å². The molecule has 1 fully saturated rings. The van der Waals surface area contributed by atoms with Gasteiger partial charge in [0.15, 0.2) is 0 Å². The number of rotatable bonds is 8. The molecule has 0 aromatic rings. The molecule has 1 amide bonds. The quantitative estimate of drug-likeness (QED) is 0.515. The smallest absolute Gasteiger partial charge is 0.305 e. The predicted molar refractivity (Wildman–Crippen MR) is 73.4 cm³/mol. The predicted octanol–water partition coefficient (Wildman–Crippen LogP) is 1.35. The Morgan fingerprint density at radius 1 is 1.21 bits per heavy atom. The first-order valence-electron chi connectivity index (χ1n) is 7.23. The molecule has 2 atom stereocenters. The van der Waals surface area contributed by atoms with Crippen LogP contribution in [0.4, 0.5) is 0 Å². The lowest BCUT2D eigenvalue weighted by molar-refractivity contribution is -0.140. The first kappa shape index (κ1) is 16.0. The van der Waals surface area contributed by atoms with Crippen LogP contribution in [0.25, 0.3) is 0 Å². The van der Waals surface area contributed by atoms with E-state index in [-0.39, 0.29) is 23.8 Å². The van der Waals surface area contributed by atoms with Crippen LogP contribution in [-0.4, -0.2) is 31.6 Å². The van der Waals surface area contributed by atoms with Crippen LogP contribution in [0.5, 0.6) is 0 Å². The Hall–Kier alpha value is -1.10. The number of amides is 1. The van der Waals surface area contributed by atoms with Crippen LogP contribution in [0.2, 0.25) is 0 Å². The fraction of sp³-hybridized carbons (Fsp3) is 0.857. The number of nitrogens with two attached hydrogens (primary N) is 1. The number of unbranched alkanes of at least 4 members (excludes halogenated alkanes) is 3. The van der Waals surface area contributed by atoms with Gasteiger partial charge in [-0.2, -0.15) is 0 Å². The van der Waals surface area contributed by atoms with Gasteiger partial charge >= 0.3 is 5.97 Å². The van der Waals surface area contributed by atoms with Crippen molar-refractivity contribution in [2.24, 2.45) is 11.7 Å². The normalized spacial score (nSPS) is 22.2. The Labute approximate surface area is 115 Å². The number of carbonyl (C=O) groups is 2. The van der Waals surface area contributed by atoms with E-state index in [1.165, 1.54) is 7.11 Å². The monoisotopic (exact) mass is 270 g/mol. The second-order valence-electron chi connectivity index (χ2n) is 5.30. The molecule has 1 saturated carbocycles. The molecule has 0 aromatic carbocycles. The molecular formula is C14H26N2O3. The van der Waals surface area contributed by atoms with Crippen molar-refractivity contribution in [1.82, 2.24) is 5.32 Å². The zero-order valence-electron chi connectivity index (χ0n) is 11.8. The summed E-state index contributed by atoms with van der Waals surface area (Å²) in [5.74, 6) is 0.128. The molecule has 1 aliphatic rings. The molecule has 3 N–H and O–H groups in total. The van der Waals surface area contributed by atoms with Gasteiger partial charge in [0.05, 0.1) is 7.11 Å². The fourth-order valence-electron chi connectivity index (χ4n) is 2.46. The lowest BCUT2D eigenvalue weighted by Crippen LogP contribution is -2.31. The number of hydrogen-bond acceptors (Lipinski definition) is 4. The standard InChI is InChI=1S/C14H26N2O3/c1-19-13(17)6-4-2-3-5-9-16-14(18)11-7-8-12(15)10-11/h11-12H,2-10,15H2,1H3,(H,16,18). The first-order chi connectivity index (χ1) is 9.13. The molecule has 0 saturated heterocycles. The van der Waals surface area contributed by atoms with Gasteiger partial charge in [0.1, 0.15) is 0 Å². The maximum Gasteiger partial charge on any atom is 0.305 e. The first-order valence-corrected chi connectivity index (χ1v) is 7.23. The average Bonchev–Trinajstić information content (AvgIpc) is 2.83. The number of esters is 1. The zero-order valence-corrected chi connectivity index (χ0v) is 11.8. The van der Waals surface area contributed by atoms with Crippen molar-refractivity contribution >= 4 is 11.9 Å². The highest BCUT2D eigenvalue weighted by Gasteiger charge is 2.27. The summed E-state index contributed by atoms with van der Waals surface area (Å²) in [7, 11) is 1.41. The van der Waals surface area contributed by atoms with E-state index in [9.17, 15) is 9.59 Å². The van der Waals surface area contributed by atoms with Crippen LogP contribution in [-0.2, 0) is 14.3 Å². The van der Waals surface area contributed by atoms with Crippen molar-refractivity contribution in [2.45, 2.75) is 57.4 Å². The van der Waals surface area contributed by atoms with Gasteiger partial charge in [0.25, 0.3) is 0 Å². The zero-order chi connectivity index (χ0) is 14.1. The van der Waals surface area contributed by atoms with Crippen LogP contribution >= 0.6 is 0 Å². The van der Waals surface area contributed by atoms with Crippen molar-refractivity contribution in [3.05, 3.63) is 0 Å². The Kier molecular flexibility index (Phi) is 7.48. The molecule has 0 heterocycles. The minimum Gasteiger partial charge on any atom is -0.469 e. The number of ether oxygens (including phenoxy) is 1. The van der Waals surface area contributed by atoms with Gasteiger partial charge in [-0.05, 0) is 32.1 Å². The Morgan fingerprint density at radius 3 is 2.58 bits per heavy atom. The molecule has 5 heteroatoms. The van der Waals surface area contributed by atoms with Crippen LogP contribution in [0, 0.1) is 5.92 Å². The van der Waals surface area contributed by atoms with E-state index in [1.807, 2.05) is 0 Å². The third kappa shape index (κ3) is 6.57. The SMILES string of the molecule is COC(=O)CCCCCCNC(=O)C1CCC(N)C1. The van der Waals surface area contributed by atoms with E-state index in [1.54, 1.807) is 0 Å². The molecule has 5 nitrogen and oxygen atoms in total.